The average Bonchev–Trinajstić information content (AvgIpc) is 2.52. The van der Waals surface area contributed by atoms with Gasteiger partial charge in [-0.1, -0.05) is 6.07 Å². The lowest BCUT2D eigenvalue weighted by atomic mass is 10.1. The van der Waals surface area contributed by atoms with E-state index >= 15 is 0 Å². The van der Waals surface area contributed by atoms with Crippen LogP contribution < -0.4 is 0 Å². The zero-order valence-electron chi connectivity index (χ0n) is 12.3. The number of halogens is 3. The van der Waals surface area contributed by atoms with Crippen LogP contribution in [0.5, 0.6) is 5.75 Å². The average molecular weight is 302 g/mol. The number of hydrogen-bond acceptors (Lipinski definition) is 3. The van der Waals surface area contributed by atoms with Crippen molar-refractivity contribution in [3.05, 3.63) is 29.3 Å². The van der Waals surface area contributed by atoms with E-state index in [-0.39, 0.29) is 0 Å². The highest BCUT2D eigenvalue weighted by Crippen LogP contribution is 2.36. The summed E-state index contributed by atoms with van der Waals surface area (Å²) >= 11 is 0. The number of aromatic hydroxyl groups is 1. The number of nitrogens with zero attached hydrogens (tertiary/aromatic N) is 2. The van der Waals surface area contributed by atoms with Gasteiger partial charge in [0.15, 0.2) is 0 Å². The number of phenols is 1. The Bertz CT molecular complexity index is 490. The Morgan fingerprint density at radius 2 is 2.00 bits per heavy atom. The molecule has 1 N–H and O–H groups in total. The molecule has 1 aliphatic heterocycles. The third kappa shape index (κ3) is 4.11. The van der Waals surface area contributed by atoms with E-state index < -0.39 is 17.5 Å². The van der Waals surface area contributed by atoms with Crippen molar-refractivity contribution in [3.8, 4) is 5.75 Å². The third-order valence-electron chi connectivity index (χ3n) is 3.94. The minimum atomic E-state index is -4.52. The predicted octanol–water partition coefficient (Wildman–Crippen LogP) is 2.94. The quantitative estimate of drug-likeness (QED) is 0.910. The molecule has 1 fully saturated rings. The van der Waals surface area contributed by atoms with Gasteiger partial charge in [0, 0.05) is 25.7 Å². The van der Waals surface area contributed by atoms with Crippen molar-refractivity contribution in [2.24, 2.45) is 0 Å². The summed E-state index contributed by atoms with van der Waals surface area (Å²) in [6.45, 7) is 5.34. The second kappa shape index (κ2) is 6.23. The van der Waals surface area contributed by atoms with E-state index in [9.17, 15) is 18.3 Å². The first-order valence-electron chi connectivity index (χ1n) is 7.09. The van der Waals surface area contributed by atoms with Crippen LogP contribution in [0.2, 0.25) is 0 Å². The lowest BCUT2D eigenvalue weighted by Crippen LogP contribution is -2.37. The van der Waals surface area contributed by atoms with Crippen molar-refractivity contribution in [3.63, 3.8) is 0 Å². The predicted molar refractivity (Wildman–Crippen MR) is 75.1 cm³/mol. The summed E-state index contributed by atoms with van der Waals surface area (Å²) in [5.41, 5.74) is -0.379. The van der Waals surface area contributed by atoms with E-state index in [1.807, 2.05) is 0 Å². The maximum Gasteiger partial charge on any atom is 0.419 e. The lowest BCUT2D eigenvalue weighted by Gasteiger charge is -2.28. The van der Waals surface area contributed by atoms with E-state index in [1.165, 1.54) is 0 Å². The molecule has 0 radical (unpaired) electrons. The van der Waals surface area contributed by atoms with Crippen LogP contribution in [0, 0.1) is 0 Å². The largest absolute Gasteiger partial charge is 0.507 e. The Morgan fingerprint density at radius 3 is 2.67 bits per heavy atom. The van der Waals surface area contributed by atoms with Gasteiger partial charge in [-0.3, -0.25) is 4.90 Å². The maximum absolute atomic E-state index is 12.8. The molecule has 0 amide bonds. The van der Waals surface area contributed by atoms with Crippen molar-refractivity contribution in [1.29, 1.82) is 0 Å². The van der Waals surface area contributed by atoms with E-state index in [0.717, 1.165) is 38.2 Å². The van der Waals surface area contributed by atoms with E-state index in [2.05, 4.69) is 23.8 Å². The zero-order chi connectivity index (χ0) is 15.6. The summed E-state index contributed by atoms with van der Waals surface area (Å²) in [5, 5.41) is 9.37. The Hall–Kier alpha value is -1.27. The van der Waals surface area contributed by atoms with E-state index in [0.29, 0.717) is 18.2 Å². The van der Waals surface area contributed by atoms with Crippen LogP contribution in [0.3, 0.4) is 0 Å². The third-order valence-corrected chi connectivity index (χ3v) is 3.94. The molecular formula is C15H21F3N2O. The molecule has 0 aromatic heterocycles. The number of rotatable bonds is 2. The molecule has 0 aliphatic carbocycles. The molecule has 1 unspecified atom stereocenters. The molecule has 1 aliphatic rings. The second-order valence-corrected chi connectivity index (χ2v) is 5.78. The number of hydrogen-bond donors (Lipinski definition) is 1. The fraction of sp³-hybridized carbons (Fsp3) is 0.600. The molecule has 3 nitrogen and oxygen atoms in total. The minimum absolute atomic E-state index is 0.292. The molecule has 1 atom stereocenters. The van der Waals surface area contributed by atoms with Crippen LogP contribution in [0.1, 0.15) is 24.5 Å². The van der Waals surface area contributed by atoms with Crippen LogP contribution in [0.4, 0.5) is 13.2 Å². The summed E-state index contributed by atoms with van der Waals surface area (Å²) in [6, 6.07) is 4.04. The summed E-state index contributed by atoms with van der Waals surface area (Å²) in [7, 11) is 2.06. The molecule has 118 valence electrons. The molecule has 0 bridgehead atoms. The van der Waals surface area contributed by atoms with Crippen molar-refractivity contribution < 1.29 is 18.3 Å². The highest BCUT2D eigenvalue weighted by molar-refractivity contribution is 5.38. The van der Waals surface area contributed by atoms with Crippen molar-refractivity contribution in [2.45, 2.75) is 32.1 Å². The summed E-state index contributed by atoms with van der Waals surface area (Å²) in [5.74, 6) is -0.713. The van der Waals surface area contributed by atoms with Crippen LogP contribution >= 0.6 is 0 Å². The fourth-order valence-corrected chi connectivity index (χ4v) is 2.80. The van der Waals surface area contributed by atoms with Gasteiger partial charge in [0.1, 0.15) is 5.75 Å². The highest BCUT2D eigenvalue weighted by atomic mass is 19.4. The minimum Gasteiger partial charge on any atom is -0.507 e. The van der Waals surface area contributed by atoms with Gasteiger partial charge in [-0.15, -0.1) is 0 Å². The SMILES string of the molecule is CC1CN(C)CCCN1Cc1ccc(O)c(C(F)(F)F)c1. The fourth-order valence-electron chi connectivity index (χ4n) is 2.80. The smallest absolute Gasteiger partial charge is 0.419 e. The van der Waals surface area contributed by atoms with Crippen LogP contribution in [-0.4, -0.2) is 47.6 Å². The maximum atomic E-state index is 12.8. The summed E-state index contributed by atoms with van der Waals surface area (Å²) < 4.78 is 38.5. The molecule has 0 saturated carbocycles. The topological polar surface area (TPSA) is 26.7 Å². The molecule has 21 heavy (non-hydrogen) atoms. The number of likely N-dealkylation sites (N-methyl/N-ethyl adjacent to an activating group) is 1. The van der Waals surface area contributed by atoms with Crippen molar-refractivity contribution >= 4 is 0 Å². The Kier molecular flexibility index (Phi) is 4.78. The van der Waals surface area contributed by atoms with Gasteiger partial charge in [-0.2, -0.15) is 13.2 Å². The number of benzene rings is 1. The molecule has 1 saturated heterocycles. The van der Waals surface area contributed by atoms with Crippen LogP contribution in [-0.2, 0) is 12.7 Å². The van der Waals surface area contributed by atoms with Crippen molar-refractivity contribution in [2.75, 3.05) is 26.7 Å². The van der Waals surface area contributed by atoms with Gasteiger partial charge in [-0.05, 0) is 44.6 Å². The monoisotopic (exact) mass is 302 g/mol. The van der Waals surface area contributed by atoms with Gasteiger partial charge in [0.25, 0.3) is 0 Å². The number of alkyl halides is 3. The van der Waals surface area contributed by atoms with Crippen LogP contribution in [0.15, 0.2) is 18.2 Å². The van der Waals surface area contributed by atoms with Crippen LogP contribution in [0.25, 0.3) is 0 Å². The Morgan fingerprint density at radius 1 is 1.29 bits per heavy atom. The summed E-state index contributed by atoms with van der Waals surface area (Å²) in [6.07, 6.45) is -3.52. The molecule has 6 heteroatoms. The number of phenolic OH excluding ortho intramolecular Hbond substituents is 1. The standard InChI is InChI=1S/C15H21F3N2O/c1-11-9-19(2)6-3-7-20(11)10-12-4-5-14(21)13(8-12)15(16,17)18/h4-5,8,11,21H,3,6-7,9-10H2,1-2H3. The van der Waals surface area contributed by atoms with Gasteiger partial charge >= 0.3 is 6.18 Å². The first-order valence-corrected chi connectivity index (χ1v) is 7.09. The highest BCUT2D eigenvalue weighted by Gasteiger charge is 2.34. The first kappa shape index (κ1) is 16.1. The molecule has 1 aromatic carbocycles. The van der Waals surface area contributed by atoms with E-state index in [4.69, 9.17) is 0 Å². The molecule has 1 aromatic rings. The molecule has 0 spiro atoms. The molecular weight excluding hydrogens is 281 g/mol. The van der Waals surface area contributed by atoms with Gasteiger partial charge in [0.05, 0.1) is 5.56 Å². The second-order valence-electron chi connectivity index (χ2n) is 5.78. The lowest BCUT2D eigenvalue weighted by molar-refractivity contribution is -0.138. The summed E-state index contributed by atoms with van der Waals surface area (Å²) in [4.78, 5) is 4.43. The Balaban J connectivity index is 2.16. The van der Waals surface area contributed by atoms with E-state index in [1.54, 1.807) is 6.07 Å². The van der Waals surface area contributed by atoms with Gasteiger partial charge < -0.3 is 10.0 Å². The Labute approximate surface area is 123 Å². The first-order chi connectivity index (χ1) is 9.77. The molecule has 2 rings (SSSR count). The molecule has 1 heterocycles. The normalized spacial score (nSPS) is 22.2. The van der Waals surface area contributed by atoms with Gasteiger partial charge in [0.2, 0.25) is 0 Å². The van der Waals surface area contributed by atoms with Gasteiger partial charge in [-0.25, -0.2) is 0 Å². The van der Waals surface area contributed by atoms with Crippen molar-refractivity contribution in [1.82, 2.24) is 9.80 Å². The zero-order valence-corrected chi connectivity index (χ0v) is 12.3.